The number of morpholine rings is 1. The summed E-state index contributed by atoms with van der Waals surface area (Å²) in [5, 5.41) is 3.28. The van der Waals surface area contributed by atoms with Crippen LogP contribution >= 0.6 is 11.6 Å². The first-order valence-electron chi connectivity index (χ1n) is 9.00. The number of rotatable bonds is 6. The standard InChI is InChI=1S/C20H20ClF3N2O3/c21-16-7-5-14(6-8-16)18-12-26(9-10-28-18)13-19(27)25-11-15-3-1-2-4-17(15)29-20(22,23)24/h1-8,18H,9-13H2,(H,25,27). The molecule has 0 aromatic heterocycles. The largest absolute Gasteiger partial charge is 0.573 e. The minimum atomic E-state index is -4.79. The van der Waals surface area contributed by atoms with E-state index in [9.17, 15) is 18.0 Å². The summed E-state index contributed by atoms with van der Waals surface area (Å²) in [5.41, 5.74) is 1.22. The molecule has 2 aromatic carbocycles. The monoisotopic (exact) mass is 428 g/mol. The number of hydrogen-bond donors (Lipinski definition) is 1. The molecule has 1 amide bonds. The lowest BCUT2D eigenvalue weighted by Gasteiger charge is -2.32. The lowest BCUT2D eigenvalue weighted by atomic mass is 10.1. The van der Waals surface area contributed by atoms with Crippen LogP contribution < -0.4 is 10.1 Å². The van der Waals surface area contributed by atoms with Gasteiger partial charge in [-0.1, -0.05) is 41.9 Å². The van der Waals surface area contributed by atoms with Crippen molar-refractivity contribution in [2.45, 2.75) is 19.0 Å². The van der Waals surface area contributed by atoms with E-state index in [1.54, 1.807) is 18.2 Å². The molecule has 1 N–H and O–H groups in total. The first-order chi connectivity index (χ1) is 13.8. The second-order valence-corrected chi connectivity index (χ2v) is 7.01. The zero-order valence-corrected chi connectivity index (χ0v) is 16.2. The summed E-state index contributed by atoms with van der Waals surface area (Å²) in [6.45, 7) is 1.66. The van der Waals surface area contributed by atoms with Crippen LogP contribution in [0.4, 0.5) is 13.2 Å². The first-order valence-corrected chi connectivity index (χ1v) is 9.38. The van der Waals surface area contributed by atoms with Crippen LogP contribution in [0, 0.1) is 0 Å². The average Bonchev–Trinajstić information content (AvgIpc) is 2.67. The number of halogens is 4. The van der Waals surface area contributed by atoms with E-state index in [2.05, 4.69) is 10.1 Å². The molecule has 0 spiro atoms. The number of amides is 1. The summed E-state index contributed by atoms with van der Waals surface area (Å²) < 4.78 is 47.2. The van der Waals surface area contributed by atoms with E-state index in [4.69, 9.17) is 16.3 Å². The summed E-state index contributed by atoms with van der Waals surface area (Å²) in [6, 6.07) is 13.1. The number of benzene rings is 2. The maximum absolute atomic E-state index is 12.5. The molecule has 3 rings (SSSR count). The predicted molar refractivity (Wildman–Crippen MR) is 102 cm³/mol. The number of hydrogen-bond acceptors (Lipinski definition) is 4. The van der Waals surface area contributed by atoms with Crippen molar-refractivity contribution in [3.05, 3.63) is 64.7 Å². The summed E-state index contributed by atoms with van der Waals surface area (Å²) >= 11 is 5.90. The van der Waals surface area contributed by atoms with Gasteiger partial charge in [-0.05, 0) is 23.8 Å². The zero-order chi connectivity index (χ0) is 20.9. The van der Waals surface area contributed by atoms with Crippen LogP contribution in [0.25, 0.3) is 0 Å². The van der Waals surface area contributed by atoms with Crippen molar-refractivity contribution in [3.8, 4) is 5.75 Å². The molecule has 1 atom stereocenters. The lowest BCUT2D eigenvalue weighted by Crippen LogP contribution is -2.44. The smallest absolute Gasteiger partial charge is 0.405 e. The maximum atomic E-state index is 12.5. The fraction of sp³-hybridized carbons (Fsp3) is 0.350. The van der Waals surface area contributed by atoms with E-state index < -0.39 is 6.36 Å². The lowest BCUT2D eigenvalue weighted by molar-refractivity contribution is -0.274. The van der Waals surface area contributed by atoms with E-state index >= 15 is 0 Å². The normalized spacial score (nSPS) is 17.7. The summed E-state index contributed by atoms with van der Waals surface area (Å²) in [7, 11) is 0. The number of nitrogens with zero attached hydrogens (tertiary/aromatic N) is 1. The number of nitrogens with one attached hydrogen (secondary N) is 1. The summed E-state index contributed by atoms with van der Waals surface area (Å²) in [5.74, 6) is -0.613. The van der Waals surface area contributed by atoms with Gasteiger partial charge in [0.2, 0.25) is 5.91 Å². The summed E-state index contributed by atoms with van der Waals surface area (Å²) in [4.78, 5) is 14.2. The van der Waals surface area contributed by atoms with Crippen LogP contribution in [0.3, 0.4) is 0 Å². The summed E-state index contributed by atoms with van der Waals surface area (Å²) in [6.07, 6.45) is -4.96. The molecule has 1 fully saturated rings. The second kappa shape index (κ2) is 9.47. The Hall–Kier alpha value is -2.29. The Bertz CT molecular complexity index is 830. The molecule has 0 radical (unpaired) electrons. The molecule has 1 aliphatic rings. The molecule has 1 saturated heterocycles. The average molecular weight is 429 g/mol. The number of para-hydroxylation sites is 1. The predicted octanol–water partition coefficient (Wildman–Crippen LogP) is 3.93. The minimum absolute atomic E-state index is 0.0595. The topological polar surface area (TPSA) is 50.8 Å². The molecule has 1 unspecified atom stereocenters. The van der Waals surface area contributed by atoms with E-state index in [-0.39, 0.29) is 36.4 Å². The Morgan fingerprint density at radius 1 is 1.21 bits per heavy atom. The Morgan fingerprint density at radius 2 is 1.93 bits per heavy atom. The van der Waals surface area contributed by atoms with Gasteiger partial charge in [0.25, 0.3) is 0 Å². The van der Waals surface area contributed by atoms with Crippen LogP contribution in [0.1, 0.15) is 17.2 Å². The Balaban J connectivity index is 1.53. The molecule has 0 aliphatic carbocycles. The number of ether oxygens (including phenoxy) is 2. The van der Waals surface area contributed by atoms with Gasteiger partial charge in [0.05, 0.1) is 19.3 Å². The van der Waals surface area contributed by atoms with Crippen molar-refractivity contribution in [3.63, 3.8) is 0 Å². The van der Waals surface area contributed by atoms with Crippen molar-refractivity contribution in [2.75, 3.05) is 26.2 Å². The third kappa shape index (κ3) is 6.62. The van der Waals surface area contributed by atoms with Crippen LogP contribution in [-0.2, 0) is 16.1 Å². The third-order valence-corrected chi connectivity index (χ3v) is 4.69. The third-order valence-electron chi connectivity index (χ3n) is 4.43. The van der Waals surface area contributed by atoms with Crippen LogP contribution in [-0.4, -0.2) is 43.4 Å². The van der Waals surface area contributed by atoms with Gasteiger partial charge < -0.3 is 14.8 Å². The molecule has 2 aromatic rings. The molecule has 9 heteroatoms. The molecular weight excluding hydrogens is 409 g/mol. The van der Waals surface area contributed by atoms with Gasteiger partial charge in [0, 0.05) is 30.2 Å². The Kier molecular flexibility index (Phi) is 7.00. The van der Waals surface area contributed by atoms with Crippen molar-refractivity contribution in [1.29, 1.82) is 0 Å². The Morgan fingerprint density at radius 3 is 2.66 bits per heavy atom. The van der Waals surface area contributed by atoms with E-state index in [0.29, 0.717) is 24.7 Å². The van der Waals surface area contributed by atoms with Crippen molar-refractivity contribution in [1.82, 2.24) is 10.2 Å². The van der Waals surface area contributed by atoms with Crippen LogP contribution in [0.15, 0.2) is 48.5 Å². The Labute approximate surface area is 171 Å². The fourth-order valence-electron chi connectivity index (χ4n) is 3.05. The van der Waals surface area contributed by atoms with E-state index in [0.717, 1.165) is 5.56 Å². The zero-order valence-electron chi connectivity index (χ0n) is 15.4. The fourth-order valence-corrected chi connectivity index (χ4v) is 3.18. The van der Waals surface area contributed by atoms with Crippen molar-refractivity contribution < 1.29 is 27.4 Å². The van der Waals surface area contributed by atoms with Gasteiger partial charge in [-0.3, -0.25) is 9.69 Å². The van der Waals surface area contributed by atoms with Crippen LogP contribution in [0.2, 0.25) is 5.02 Å². The highest BCUT2D eigenvalue weighted by Crippen LogP contribution is 2.26. The second-order valence-electron chi connectivity index (χ2n) is 6.58. The molecule has 1 aliphatic heterocycles. The van der Waals surface area contributed by atoms with Gasteiger partial charge in [0.15, 0.2) is 0 Å². The maximum Gasteiger partial charge on any atom is 0.573 e. The minimum Gasteiger partial charge on any atom is -0.405 e. The van der Waals surface area contributed by atoms with Crippen molar-refractivity contribution in [2.24, 2.45) is 0 Å². The number of carbonyl (C=O) groups excluding carboxylic acids is 1. The quantitative estimate of drug-likeness (QED) is 0.757. The highest BCUT2D eigenvalue weighted by Gasteiger charge is 2.32. The first kappa shape index (κ1) is 21.4. The SMILES string of the molecule is O=C(CN1CCOC(c2ccc(Cl)cc2)C1)NCc1ccccc1OC(F)(F)F. The highest BCUT2D eigenvalue weighted by atomic mass is 35.5. The highest BCUT2D eigenvalue weighted by molar-refractivity contribution is 6.30. The van der Waals surface area contributed by atoms with Gasteiger partial charge in [-0.2, -0.15) is 0 Å². The molecule has 5 nitrogen and oxygen atoms in total. The number of alkyl halides is 3. The van der Waals surface area contributed by atoms with Crippen molar-refractivity contribution >= 4 is 17.5 Å². The van der Waals surface area contributed by atoms with Gasteiger partial charge in [-0.25, -0.2) is 0 Å². The molecule has 29 heavy (non-hydrogen) atoms. The van der Waals surface area contributed by atoms with Gasteiger partial charge in [-0.15, -0.1) is 13.2 Å². The molecule has 1 heterocycles. The van der Waals surface area contributed by atoms with Gasteiger partial charge >= 0.3 is 6.36 Å². The number of carbonyl (C=O) groups is 1. The molecule has 0 bridgehead atoms. The van der Waals surface area contributed by atoms with Gasteiger partial charge in [0.1, 0.15) is 5.75 Å². The van der Waals surface area contributed by atoms with E-state index in [1.165, 1.54) is 18.2 Å². The molecule has 0 saturated carbocycles. The van der Waals surface area contributed by atoms with Crippen LogP contribution in [0.5, 0.6) is 5.75 Å². The molecular formula is C20H20ClF3N2O3. The van der Waals surface area contributed by atoms with E-state index in [1.807, 2.05) is 17.0 Å². The molecule has 156 valence electrons.